The van der Waals surface area contributed by atoms with E-state index < -0.39 is 0 Å². The predicted molar refractivity (Wildman–Crippen MR) is 91.9 cm³/mol. The van der Waals surface area contributed by atoms with E-state index in [4.69, 9.17) is 11.6 Å². The van der Waals surface area contributed by atoms with E-state index in [1.54, 1.807) is 23.1 Å². The van der Waals surface area contributed by atoms with Gasteiger partial charge in [-0.15, -0.1) is 10.2 Å². The van der Waals surface area contributed by atoms with Crippen LogP contribution < -0.4 is 10.2 Å². The SMILES string of the molecule is CCNC(C)c1ccc(Sc2nnc(N(C)C)s2)cc1Cl. The highest BCUT2D eigenvalue weighted by atomic mass is 35.5. The Labute approximate surface area is 138 Å². The summed E-state index contributed by atoms with van der Waals surface area (Å²) in [6.07, 6.45) is 0. The molecule has 1 unspecified atom stereocenters. The monoisotopic (exact) mass is 342 g/mol. The molecule has 0 saturated heterocycles. The molecule has 2 rings (SSSR count). The fourth-order valence-electron chi connectivity index (χ4n) is 1.86. The maximum Gasteiger partial charge on any atom is 0.208 e. The van der Waals surface area contributed by atoms with E-state index >= 15 is 0 Å². The fraction of sp³-hybridized carbons (Fsp3) is 0.429. The second kappa shape index (κ2) is 7.45. The molecule has 4 nitrogen and oxygen atoms in total. The Hall–Kier alpha value is -0.820. The molecule has 2 aromatic rings. The number of nitrogens with zero attached hydrogens (tertiary/aromatic N) is 3. The van der Waals surface area contributed by atoms with Gasteiger partial charge in [0.15, 0.2) is 4.34 Å². The summed E-state index contributed by atoms with van der Waals surface area (Å²) in [5.74, 6) is 0. The van der Waals surface area contributed by atoms with Crippen LogP contribution in [0.4, 0.5) is 5.13 Å². The highest BCUT2D eigenvalue weighted by Crippen LogP contribution is 2.35. The average Bonchev–Trinajstić information content (AvgIpc) is 2.87. The van der Waals surface area contributed by atoms with E-state index in [-0.39, 0.29) is 6.04 Å². The third-order valence-corrected chi connectivity index (χ3v) is 5.39. The van der Waals surface area contributed by atoms with Crippen molar-refractivity contribution < 1.29 is 0 Å². The van der Waals surface area contributed by atoms with E-state index in [0.29, 0.717) is 0 Å². The van der Waals surface area contributed by atoms with Gasteiger partial charge in [-0.05, 0) is 31.2 Å². The summed E-state index contributed by atoms with van der Waals surface area (Å²) in [5.41, 5.74) is 1.12. The van der Waals surface area contributed by atoms with E-state index in [2.05, 4.69) is 41.5 Å². The Morgan fingerprint density at radius 2 is 2.14 bits per heavy atom. The van der Waals surface area contributed by atoms with Gasteiger partial charge in [0, 0.05) is 30.1 Å². The Morgan fingerprint density at radius 1 is 1.38 bits per heavy atom. The van der Waals surface area contributed by atoms with Crippen molar-refractivity contribution in [3.8, 4) is 0 Å². The lowest BCUT2D eigenvalue weighted by Crippen LogP contribution is -2.17. The van der Waals surface area contributed by atoms with E-state index in [1.807, 2.05) is 25.1 Å². The van der Waals surface area contributed by atoms with Gasteiger partial charge in [0.05, 0.1) is 0 Å². The van der Waals surface area contributed by atoms with Gasteiger partial charge in [-0.1, -0.05) is 47.7 Å². The molecule has 1 aromatic heterocycles. The van der Waals surface area contributed by atoms with Crippen molar-refractivity contribution in [1.82, 2.24) is 15.5 Å². The number of halogens is 1. The van der Waals surface area contributed by atoms with E-state index in [9.17, 15) is 0 Å². The maximum absolute atomic E-state index is 6.39. The molecule has 0 aliphatic heterocycles. The molecule has 0 aliphatic rings. The molecular weight excluding hydrogens is 324 g/mol. The predicted octanol–water partition coefficient (Wildman–Crippen LogP) is 4.08. The number of hydrogen-bond donors (Lipinski definition) is 1. The third kappa shape index (κ3) is 4.32. The van der Waals surface area contributed by atoms with Crippen molar-refractivity contribution in [3.05, 3.63) is 28.8 Å². The molecule has 7 heteroatoms. The number of rotatable bonds is 6. The number of benzene rings is 1. The number of anilines is 1. The first kappa shape index (κ1) is 16.5. The lowest BCUT2D eigenvalue weighted by molar-refractivity contribution is 0.598. The zero-order chi connectivity index (χ0) is 15.4. The smallest absolute Gasteiger partial charge is 0.208 e. The molecular formula is C14H19ClN4S2. The van der Waals surface area contributed by atoms with Crippen LogP contribution in [-0.2, 0) is 0 Å². The lowest BCUT2D eigenvalue weighted by atomic mass is 10.1. The molecule has 114 valence electrons. The Kier molecular flexibility index (Phi) is 5.87. The first-order valence-electron chi connectivity index (χ1n) is 6.72. The highest BCUT2D eigenvalue weighted by molar-refractivity contribution is 8.01. The van der Waals surface area contributed by atoms with Crippen LogP contribution >= 0.6 is 34.7 Å². The largest absolute Gasteiger partial charge is 0.353 e. The maximum atomic E-state index is 6.39. The van der Waals surface area contributed by atoms with Gasteiger partial charge in [0.1, 0.15) is 0 Å². The molecule has 21 heavy (non-hydrogen) atoms. The molecule has 0 bridgehead atoms. The Bertz CT molecular complexity index is 600. The van der Waals surface area contributed by atoms with Crippen molar-refractivity contribution >= 4 is 39.8 Å². The van der Waals surface area contributed by atoms with Crippen LogP contribution in [0.3, 0.4) is 0 Å². The topological polar surface area (TPSA) is 41.1 Å². The number of nitrogens with one attached hydrogen (secondary N) is 1. The summed E-state index contributed by atoms with van der Waals surface area (Å²) in [6, 6.07) is 6.40. The van der Waals surface area contributed by atoms with Crippen molar-refractivity contribution in [3.63, 3.8) is 0 Å². The molecule has 0 aliphatic carbocycles. The molecule has 0 fully saturated rings. The van der Waals surface area contributed by atoms with E-state index in [0.717, 1.165) is 31.5 Å². The zero-order valence-corrected chi connectivity index (χ0v) is 14.9. The summed E-state index contributed by atoms with van der Waals surface area (Å²) in [5, 5.41) is 13.4. The fourth-order valence-corrected chi connectivity index (χ4v) is 4.05. The molecule has 1 atom stereocenters. The standard InChI is InChI=1S/C14H19ClN4S2/c1-5-16-9(2)11-7-6-10(8-12(11)15)20-14-18-17-13(21-14)19(3)4/h6-9,16H,5H2,1-4H3. The first-order chi connectivity index (χ1) is 10.0. The summed E-state index contributed by atoms with van der Waals surface area (Å²) in [6.45, 7) is 5.13. The lowest BCUT2D eigenvalue weighted by Gasteiger charge is -2.14. The summed E-state index contributed by atoms with van der Waals surface area (Å²) in [4.78, 5) is 3.03. The Balaban J connectivity index is 2.12. The minimum absolute atomic E-state index is 0.253. The van der Waals surface area contributed by atoms with Crippen LogP contribution in [0.25, 0.3) is 0 Å². The second-order valence-corrected chi connectivity index (χ2v) is 7.49. The molecule has 1 N–H and O–H groups in total. The van der Waals surface area contributed by atoms with Gasteiger partial charge in [-0.25, -0.2) is 0 Å². The van der Waals surface area contributed by atoms with Gasteiger partial charge in [-0.2, -0.15) is 0 Å². The van der Waals surface area contributed by atoms with Crippen molar-refractivity contribution in [2.24, 2.45) is 0 Å². The summed E-state index contributed by atoms with van der Waals surface area (Å²) < 4.78 is 0.919. The van der Waals surface area contributed by atoms with Crippen LogP contribution in [-0.4, -0.2) is 30.8 Å². The third-order valence-electron chi connectivity index (χ3n) is 2.93. The number of hydrogen-bond acceptors (Lipinski definition) is 6. The number of aromatic nitrogens is 2. The average molecular weight is 343 g/mol. The van der Waals surface area contributed by atoms with Crippen LogP contribution in [0.2, 0.25) is 5.02 Å². The van der Waals surface area contributed by atoms with Crippen molar-refractivity contribution in [1.29, 1.82) is 0 Å². The molecule has 0 saturated carbocycles. The second-order valence-electron chi connectivity index (χ2n) is 4.81. The van der Waals surface area contributed by atoms with Crippen LogP contribution in [0.1, 0.15) is 25.5 Å². The van der Waals surface area contributed by atoms with Crippen molar-refractivity contribution in [2.75, 3.05) is 25.5 Å². The highest BCUT2D eigenvalue weighted by Gasteiger charge is 2.11. The van der Waals surface area contributed by atoms with Crippen LogP contribution in [0, 0.1) is 0 Å². The minimum Gasteiger partial charge on any atom is -0.353 e. The van der Waals surface area contributed by atoms with Gasteiger partial charge in [0.2, 0.25) is 5.13 Å². The molecule has 0 spiro atoms. The van der Waals surface area contributed by atoms with Crippen molar-refractivity contribution in [2.45, 2.75) is 29.1 Å². The molecule has 0 amide bonds. The minimum atomic E-state index is 0.253. The molecule has 1 heterocycles. The van der Waals surface area contributed by atoms with Gasteiger partial charge >= 0.3 is 0 Å². The van der Waals surface area contributed by atoms with E-state index in [1.165, 1.54) is 0 Å². The normalized spacial score (nSPS) is 12.4. The van der Waals surface area contributed by atoms with Gasteiger partial charge < -0.3 is 10.2 Å². The molecule has 0 radical (unpaired) electrons. The van der Waals surface area contributed by atoms with Crippen LogP contribution in [0.5, 0.6) is 0 Å². The quantitative estimate of drug-likeness (QED) is 0.856. The summed E-state index contributed by atoms with van der Waals surface area (Å²) >= 11 is 9.55. The zero-order valence-electron chi connectivity index (χ0n) is 12.6. The van der Waals surface area contributed by atoms with Crippen LogP contribution in [0.15, 0.2) is 27.4 Å². The van der Waals surface area contributed by atoms with Gasteiger partial charge in [-0.3, -0.25) is 0 Å². The molecule has 1 aromatic carbocycles. The summed E-state index contributed by atoms with van der Waals surface area (Å²) in [7, 11) is 3.92. The Morgan fingerprint density at radius 3 is 2.71 bits per heavy atom. The van der Waals surface area contributed by atoms with Gasteiger partial charge in [0.25, 0.3) is 0 Å². The first-order valence-corrected chi connectivity index (χ1v) is 8.74.